The molecule has 3 aromatic rings. The highest BCUT2D eigenvalue weighted by atomic mass is 14.9. The van der Waals surface area contributed by atoms with Crippen LogP contribution in [-0.2, 0) is 0 Å². The van der Waals surface area contributed by atoms with Crippen molar-refractivity contribution in [1.29, 1.82) is 5.26 Å². The molecule has 0 aliphatic heterocycles. The van der Waals surface area contributed by atoms with Crippen molar-refractivity contribution in [3.63, 3.8) is 0 Å². The first kappa shape index (κ1) is 13.1. The zero-order valence-electron chi connectivity index (χ0n) is 11.6. The number of anilines is 1. The van der Waals surface area contributed by atoms with Gasteiger partial charge < -0.3 is 5.73 Å². The molecule has 21 heavy (non-hydrogen) atoms. The van der Waals surface area contributed by atoms with Gasteiger partial charge in [-0.1, -0.05) is 37.3 Å². The summed E-state index contributed by atoms with van der Waals surface area (Å²) >= 11 is 0. The van der Waals surface area contributed by atoms with Crippen LogP contribution in [-0.4, -0.2) is 9.97 Å². The number of nitriles is 1. The Hall–Kier alpha value is -2.93. The Balaban J connectivity index is 2.32. The van der Waals surface area contributed by atoms with E-state index in [0.717, 1.165) is 16.5 Å². The maximum atomic E-state index is 9.47. The van der Waals surface area contributed by atoms with Crippen LogP contribution in [0.4, 0.5) is 5.82 Å². The number of hydrogen-bond acceptors (Lipinski definition) is 4. The summed E-state index contributed by atoms with van der Waals surface area (Å²) in [4.78, 5) is 8.36. The van der Waals surface area contributed by atoms with Gasteiger partial charge in [-0.25, -0.2) is 4.98 Å². The Morgan fingerprint density at radius 3 is 2.67 bits per heavy atom. The molecule has 0 saturated carbocycles. The smallest absolute Gasteiger partial charge is 0.142 e. The van der Waals surface area contributed by atoms with Gasteiger partial charge in [-0.2, -0.15) is 5.26 Å². The van der Waals surface area contributed by atoms with Crippen LogP contribution in [0.25, 0.3) is 10.9 Å². The average Bonchev–Trinajstić information content (AvgIpc) is 2.53. The molecule has 4 heteroatoms. The molecule has 0 saturated heterocycles. The third kappa shape index (κ3) is 2.19. The van der Waals surface area contributed by atoms with Crippen molar-refractivity contribution in [2.45, 2.75) is 12.8 Å². The number of nitrogens with zero attached hydrogens (tertiary/aromatic N) is 3. The highest BCUT2D eigenvalue weighted by Crippen LogP contribution is 2.34. The summed E-state index contributed by atoms with van der Waals surface area (Å²) in [5, 5.41) is 10.4. The molecule has 0 amide bonds. The van der Waals surface area contributed by atoms with E-state index in [1.165, 1.54) is 0 Å². The van der Waals surface area contributed by atoms with Gasteiger partial charge in [-0.15, -0.1) is 0 Å². The normalized spacial score (nSPS) is 12.0. The largest absolute Gasteiger partial charge is 0.383 e. The van der Waals surface area contributed by atoms with Gasteiger partial charge in [0.2, 0.25) is 0 Å². The summed E-state index contributed by atoms with van der Waals surface area (Å²) in [5.74, 6) is 0.312. The first-order chi connectivity index (χ1) is 10.2. The van der Waals surface area contributed by atoms with Gasteiger partial charge in [0.15, 0.2) is 0 Å². The Morgan fingerprint density at radius 2 is 1.95 bits per heavy atom. The van der Waals surface area contributed by atoms with Crippen molar-refractivity contribution in [3.8, 4) is 6.07 Å². The molecular formula is C17H14N4. The topological polar surface area (TPSA) is 75.6 Å². The molecule has 0 aliphatic rings. The number of rotatable bonds is 2. The van der Waals surface area contributed by atoms with Crippen molar-refractivity contribution in [2.24, 2.45) is 0 Å². The highest BCUT2D eigenvalue weighted by Gasteiger charge is 2.19. The predicted molar refractivity (Wildman–Crippen MR) is 82.6 cm³/mol. The van der Waals surface area contributed by atoms with Crippen molar-refractivity contribution < 1.29 is 0 Å². The molecule has 0 aliphatic carbocycles. The average molecular weight is 274 g/mol. The van der Waals surface area contributed by atoms with Crippen molar-refractivity contribution in [2.75, 3.05) is 5.73 Å². The van der Waals surface area contributed by atoms with E-state index < -0.39 is 0 Å². The minimum atomic E-state index is 0.0519. The Bertz CT molecular complexity index is 835. The third-order valence-corrected chi connectivity index (χ3v) is 3.70. The van der Waals surface area contributed by atoms with Gasteiger partial charge in [0, 0.05) is 17.5 Å². The summed E-state index contributed by atoms with van der Waals surface area (Å²) in [7, 11) is 0. The van der Waals surface area contributed by atoms with Crippen molar-refractivity contribution >= 4 is 16.7 Å². The molecule has 2 N–H and O–H groups in total. The van der Waals surface area contributed by atoms with Crippen LogP contribution in [0.1, 0.15) is 29.5 Å². The second-order valence-corrected chi connectivity index (χ2v) is 4.92. The zero-order valence-corrected chi connectivity index (χ0v) is 11.6. The van der Waals surface area contributed by atoms with E-state index in [0.29, 0.717) is 11.1 Å². The summed E-state index contributed by atoms with van der Waals surface area (Å²) in [5.41, 5.74) is 9.16. The monoisotopic (exact) mass is 274 g/mol. The van der Waals surface area contributed by atoms with Crippen LogP contribution in [0.2, 0.25) is 0 Å². The van der Waals surface area contributed by atoms with Crippen LogP contribution >= 0.6 is 0 Å². The van der Waals surface area contributed by atoms with Crippen LogP contribution < -0.4 is 5.73 Å². The van der Waals surface area contributed by atoms with Gasteiger partial charge in [0.05, 0.1) is 17.3 Å². The van der Waals surface area contributed by atoms with Gasteiger partial charge >= 0.3 is 0 Å². The number of benzene rings is 1. The molecule has 2 aromatic heterocycles. The number of nitrogen functional groups attached to an aromatic ring is 1. The SMILES string of the molecule is CC(c1ccccc1)c1c(C#N)c(N)nc2cnccc12. The lowest BCUT2D eigenvalue weighted by molar-refractivity contribution is 0.926. The highest BCUT2D eigenvalue weighted by molar-refractivity contribution is 5.87. The molecule has 0 spiro atoms. The molecule has 1 unspecified atom stereocenters. The van der Waals surface area contributed by atoms with E-state index in [1.807, 2.05) is 24.3 Å². The van der Waals surface area contributed by atoms with Gasteiger partial charge in [-0.3, -0.25) is 4.98 Å². The first-order valence-electron chi connectivity index (χ1n) is 6.70. The second-order valence-electron chi connectivity index (χ2n) is 4.92. The fourth-order valence-electron chi connectivity index (χ4n) is 2.64. The number of fused-ring (bicyclic) bond motifs is 1. The van der Waals surface area contributed by atoms with Crippen molar-refractivity contribution in [1.82, 2.24) is 9.97 Å². The third-order valence-electron chi connectivity index (χ3n) is 3.70. The van der Waals surface area contributed by atoms with E-state index >= 15 is 0 Å². The maximum Gasteiger partial charge on any atom is 0.142 e. The summed E-state index contributed by atoms with van der Waals surface area (Å²) < 4.78 is 0. The molecule has 102 valence electrons. The number of nitrogens with two attached hydrogens (primary N) is 1. The van der Waals surface area contributed by atoms with E-state index in [2.05, 4.69) is 35.1 Å². The number of aromatic nitrogens is 2. The van der Waals surface area contributed by atoms with Gasteiger partial charge in [0.1, 0.15) is 11.9 Å². The fourth-order valence-corrected chi connectivity index (χ4v) is 2.64. The number of pyridine rings is 2. The summed E-state index contributed by atoms with van der Waals surface area (Å²) in [6.07, 6.45) is 3.39. The van der Waals surface area contributed by atoms with Gasteiger partial charge in [-0.05, 0) is 17.2 Å². The molecule has 2 heterocycles. The van der Waals surface area contributed by atoms with Crippen LogP contribution in [0, 0.1) is 11.3 Å². The molecule has 0 radical (unpaired) electrons. The molecule has 1 aromatic carbocycles. The fraction of sp³-hybridized carbons (Fsp3) is 0.118. The van der Waals surface area contributed by atoms with Crippen LogP contribution in [0.15, 0.2) is 48.8 Å². The lowest BCUT2D eigenvalue weighted by atomic mass is 9.88. The standard InChI is InChI=1S/C17H14N4/c1-11(12-5-3-2-4-6-12)16-13-7-8-20-10-15(13)21-17(19)14(16)9-18/h2-8,10-11H,1H3,(H2,19,21). The quantitative estimate of drug-likeness (QED) is 0.778. The Morgan fingerprint density at radius 1 is 1.19 bits per heavy atom. The Kier molecular flexibility index (Phi) is 3.25. The van der Waals surface area contributed by atoms with Crippen LogP contribution in [0.5, 0.6) is 0 Å². The first-order valence-corrected chi connectivity index (χ1v) is 6.70. The van der Waals surface area contributed by atoms with E-state index in [4.69, 9.17) is 5.73 Å². The minimum Gasteiger partial charge on any atom is -0.383 e. The lowest BCUT2D eigenvalue weighted by Crippen LogP contribution is -2.06. The lowest BCUT2D eigenvalue weighted by Gasteiger charge is -2.17. The summed E-state index contributed by atoms with van der Waals surface area (Å²) in [6, 6.07) is 14.1. The molecule has 0 bridgehead atoms. The molecule has 3 rings (SSSR count). The van der Waals surface area contributed by atoms with Crippen molar-refractivity contribution in [3.05, 3.63) is 65.5 Å². The molecular weight excluding hydrogens is 260 g/mol. The maximum absolute atomic E-state index is 9.47. The number of hydrogen-bond donors (Lipinski definition) is 1. The van der Waals surface area contributed by atoms with E-state index in [9.17, 15) is 5.26 Å². The van der Waals surface area contributed by atoms with Crippen LogP contribution in [0.3, 0.4) is 0 Å². The summed E-state index contributed by atoms with van der Waals surface area (Å²) in [6.45, 7) is 2.07. The van der Waals surface area contributed by atoms with E-state index in [-0.39, 0.29) is 11.7 Å². The van der Waals surface area contributed by atoms with E-state index in [1.54, 1.807) is 12.4 Å². The Labute approximate surface area is 122 Å². The zero-order chi connectivity index (χ0) is 14.8. The molecule has 0 fully saturated rings. The molecule has 1 atom stereocenters. The second kappa shape index (κ2) is 5.22. The molecule has 4 nitrogen and oxygen atoms in total. The van der Waals surface area contributed by atoms with Gasteiger partial charge in [0.25, 0.3) is 0 Å². The minimum absolute atomic E-state index is 0.0519. The predicted octanol–water partition coefficient (Wildman–Crippen LogP) is 3.24.